The number of piperazine rings is 1. The highest BCUT2D eigenvalue weighted by molar-refractivity contribution is 6.14. The molecule has 1 amide bonds. The summed E-state index contributed by atoms with van der Waals surface area (Å²) in [5, 5.41) is 16.0. The molecule has 2 aromatic carbocycles. The minimum Gasteiger partial charge on any atom is -0.493 e. The molecule has 8 nitrogen and oxygen atoms in total. The van der Waals surface area contributed by atoms with Crippen LogP contribution in [0.25, 0.3) is 0 Å². The third-order valence-electron chi connectivity index (χ3n) is 7.10. The van der Waals surface area contributed by atoms with E-state index in [1.54, 1.807) is 14.2 Å². The van der Waals surface area contributed by atoms with Crippen LogP contribution in [-0.2, 0) is 6.42 Å². The molecule has 1 N–H and O–H groups in total. The summed E-state index contributed by atoms with van der Waals surface area (Å²) in [4.78, 5) is 17.0. The number of anilines is 1. The van der Waals surface area contributed by atoms with Crippen molar-refractivity contribution in [3.05, 3.63) is 53.1 Å². The van der Waals surface area contributed by atoms with E-state index in [0.29, 0.717) is 30.1 Å². The Bertz CT molecular complexity index is 1080. The lowest BCUT2D eigenvalue weighted by Gasteiger charge is -2.34. The second-order valence-corrected chi connectivity index (χ2v) is 9.27. The first kappa shape index (κ1) is 23.9. The molecule has 0 radical (unpaired) electrons. The molecule has 0 aliphatic carbocycles. The van der Waals surface area contributed by atoms with Crippen molar-refractivity contribution in [2.45, 2.75) is 32.2 Å². The fourth-order valence-electron chi connectivity index (χ4n) is 4.70. The second kappa shape index (κ2) is 9.54. The van der Waals surface area contributed by atoms with E-state index < -0.39 is 11.6 Å². The number of fused-ring (bicyclic) bond motifs is 1. The van der Waals surface area contributed by atoms with Gasteiger partial charge < -0.3 is 24.4 Å². The van der Waals surface area contributed by atoms with E-state index in [0.717, 1.165) is 48.6 Å². The van der Waals surface area contributed by atoms with Gasteiger partial charge in [0.15, 0.2) is 11.5 Å². The number of hydrogen-bond donors (Lipinski definition) is 1. The number of rotatable bonds is 5. The van der Waals surface area contributed by atoms with Crippen molar-refractivity contribution in [1.29, 1.82) is 0 Å². The number of amides is 1. The lowest BCUT2D eigenvalue weighted by atomic mass is 9.86. The van der Waals surface area contributed by atoms with Crippen molar-refractivity contribution in [2.24, 2.45) is 5.10 Å². The summed E-state index contributed by atoms with van der Waals surface area (Å²) in [6, 6.07) is 12.1. The SMILES string of the molecule is CCC1(C)Cc2cc(OC)c(OC)cc2C(c2ccc(N3CCN(C)CC3)cc2)=NN1C(=O)O. The van der Waals surface area contributed by atoms with Crippen molar-refractivity contribution < 1.29 is 19.4 Å². The summed E-state index contributed by atoms with van der Waals surface area (Å²) in [5.74, 6) is 1.21. The zero-order valence-electron chi connectivity index (χ0n) is 20.7. The van der Waals surface area contributed by atoms with Gasteiger partial charge in [-0.05, 0) is 56.6 Å². The van der Waals surface area contributed by atoms with Crippen molar-refractivity contribution in [1.82, 2.24) is 9.91 Å². The maximum Gasteiger partial charge on any atom is 0.428 e. The number of benzene rings is 2. The molecule has 1 saturated heterocycles. The number of carboxylic acid groups (broad SMARTS) is 1. The maximum atomic E-state index is 12.3. The third kappa shape index (κ3) is 4.42. The fourth-order valence-corrected chi connectivity index (χ4v) is 4.70. The Morgan fingerprint density at radius 3 is 2.24 bits per heavy atom. The summed E-state index contributed by atoms with van der Waals surface area (Å²) >= 11 is 0. The van der Waals surface area contributed by atoms with Gasteiger partial charge in [-0.25, -0.2) is 4.79 Å². The van der Waals surface area contributed by atoms with Crippen LogP contribution < -0.4 is 14.4 Å². The zero-order valence-corrected chi connectivity index (χ0v) is 20.7. The van der Waals surface area contributed by atoms with Crippen LogP contribution in [0.15, 0.2) is 41.5 Å². The molecule has 2 aliphatic heterocycles. The van der Waals surface area contributed by atoms with Crippen LogP contribution in [0, 0.1) is 0 Å². The summed E-state index contributed by atoms with van der Waals surface area (Å²) in [5.41, 5.74) is 3.77. The van der Waals surface area contributed by atoms with E-state index in [2.05, 4.69) is 29.0 Å². The van der Waals surface area contributed by atoms with E-state index >= 15 is 0 Å². The molecule has 34 heavy (non-hydrogen) atoms. The van der Waals surface area contributed by atoms with Crippen molar-refractivity contribution in [3.8, 4) is 11.5 Å². The largest absolute Gasteiger partial charge is 0.493 e. The van der Waals surface area contributed by atoms with Crippen LogP contribution in [-0.4, -0.2) is 79.8 Å². The smallest absolute Gasteiger partial charge is 0.428 e. The zero-order chi connectivity index (χ0) is 24.5. The van der Waals surface area contributed by atoms with E-state index in [9.17, 15) is 9.90 Å². The molecule has 8 heteroatoms. The van der Waals surface area contributed by atoms with Crippen molar-refractivity contribution in [2.75, 3.05) is 52.3 Å². The Labute approximate surface area is 201 Å². The van der Waals surface area contributed by atoms with Gasteiger partial charge in [-0.1, -0.05) is 19.1 Å². The summed E-state index contributed by atoms with van der Waals surface area (Å²) in [6.45, 7) is 7.96. The molecule has 182 valence electrons. The lowest BCUT2D eigenvalue weighted by Crippen LogP contribution is -2.47. The third-order valence-corrected chi connectivity index (χ3v) is 7.10. The molecule has 2 aliphatic rings. The molecule has 1 atom stereocenters. The van der Waals surface area contributed by atoms with Gasteiger partial charge in [-0.2, -0.15) is 10.1 Å². The van der Waals surface area contributed by atoms with Crippen LogP contribution in [0.3, 0.4) is 0 Å². The topological polar surface area (TPSA) is 77.8 Å². The Hall–Kier alpha value is -3.26. The van der Waals surface area contributed by atoms with Crippen molar-refractivity contribution in [3.63, 3.8) is 0 Å². The summed E-state index contributed by atoms with van der Waals surface area (Å²) in [7, 11) is 5.35. The van der Waals surface area contributed by atoms with Gasteiger partial charge in [0.25, 0.3) is 0 Å². The molecule has 0 spiro atoms. The first-order valence-corrected chi connectivity index (χ1v) is 11.7. The fraction of sp³-hybridized carbons (Fsp3) is 0.462. The molecular weight excluding hydrogens is 432 g/mol. The van der Waals surface area contributed by atoms with E-state index in [-0.39, 0.29) is 0 Å². The molecule has 2 aromatic rings. The predicted molar refractivity (Wildman–Crippen MR) is 134 cm³/mol. The Kier molecular flexibility index (Phi) is 6.70. The number of hydrazone groups is 1. The monoisotopic (exact) mass is 466 g/mol. The number of ether oxygens (including phenoxy) is 2. The normalized spacial score (nSPS) is 20.9. The average Bonchev–Trinajstić information content (AvgIpc) is 2.97. The lowest BCUT2D eigenvalue weighted by molar-refractivity contribution is 0.0843. The van der Waals surface area contributed by atoms with Gasteiger partial charge in [0, 0.05) is 43.0 Å². The van der Waals surface area contributed by atoms with Crippen LogP contribution in [0.2, 0.25) is 0 Å². The number of likely N-dealkylation sites (N-methyl/N-ethyl adjacent to an activating group) is 1. The van der Waals surface area contributed by atoms with Crippen LogP contribution >= 0.6 is 0 Å². The van der Waals surface area contributed by atoms with Gasteiger partial charge in [-0.15, -0.1) is 0 Å². The molecule has 2 heterocycles. The van der Waals surface area contributed by atoms with Gasteiger partial charge in [0.05, 0.1) is 25.5 Å². The van der Waals surface area contributed by atoms with Crippen LogP contribution in [0.1, 0.15) is 37.0 Å². The van der Waals surface area contributed by atoms with E-state index in [1.165, 1.54) is 5.01 Å². The number of carbonyl (C=O) groups is 1. The maximum absolute atomic E-state index is 12.3. The predicted octanol–water partition coefficient (Wildman–Crippen LogP) is 3.91. The molecule has 0 aromatic heterocycles. The number of hydrogen-bond acceptors (Lipinski definition) is 6. The Balaban J connectivity index is 1.82. The Morgan fingerprint density at radius 2 is 1.68 bits per heavy atom. The molecule has 4 rings (SSSR count). The molecular formula is C26H34N4O4. The van der Waals surface area contributed by atoms with Gasteiger partial charge in [0.2, 0.25) is 0 Å². The highest BCUT2D eigenvalue weighted by atomic mass is 16.5. The summed E-state index contributed by atoms with van der Waals surface area (Å²) in [6.07, 6.45) is 0.0620. The summed E-state index contributed by atoms with van der Waals surface area (Å²) < 4.78 is 11.1. The first-order valence-electron chi connectivity index (χ1n) is 11.7. The molecule has 1 unspecified atom stereocenters. The van der Waals surface area contributed by atoms with Crippen LogP contribution in [0.5, 0.6) is 11.5 Å². The van der Waals surface area contributed by atoms with Gasteiger partial charge in [0.1, 0.15) is 0 Å². The standard InChI is InChI=1S/C26H34N4O4/c1-6-26(2)17-19-15-22(33-4)23(34-5)16-21(19)24(27-30(26)25(31)32)18-7-9-20(10-8-18)29-13-11-28(3)12-14-29/h7-10,15-16H,6,11-14,17H2,1-5H3,(H,31,32). The van der Waals surface area contributed by atoms with E-state index in [4.69, 9.17) is 14.6 Å². The van der Waals surface area contributed by atoms with E-state index in [1.807, 2.05) is 38.1 Å². The highest BCUT2D eigenvalue weighted by Gasteiger charge is 2.39. The molecule has 0 saturated carbocycles. The average molecular weight is 467 g/mol. The Morgan fingerprint density at radius 1 is 1.06 bits per heavy atom. The van der Waals surface area contributed by atoms with Crippen LogP contribution in [0.4, 0.5) is 10.5 Å². The molecule has 1 fully saturated rings. The van der Waals surface area contributed by atoms with Gasteiger partial charge >= 0.3 is 6.09 Å². The number of nitrogens with zero attached hydrogens (tertiary/aromatic N) is 4. The second-order valence-electron chi connectivity index (χ2n) is 9.27. The first-order chi connectivity index (χ1) is 16.3. The van der Waals surface area contributed by atoms with Crippen molar-refractivity contribution >= 4 is 17.5 Å². The van der Waals surface area contributed by atoms with Gasteiger partial charge in [-0.3, -0.25) is 0 Å². The minimum absolute atomic E-state index is 0.512. The minimum atomic E-state index is -1.07. The quantitative estimate of drug-likeness (QED) is 0.720. The number of methoxy groups -OCH3 is 2. The highest BCUT2D eigenvalue weighted by Crippen LogP contribution is 2.38. The molecule has 0 bridgehead atoms.